The zero-order valence-electron chi connectivity index (χ0n) is 16.0. The first-order valence-corrected chi connectivity index (χ1v) is 10.0. The molecule has 1 atom stereocenters. The molecule has 0 bridgehead atoms. The first-order chi connectivity index (χ1) is 13.2. The van der Waals surface area contributed by atoms with E-state index in [-0.39, 0.29) is 17.5 Å². The van der Waals surface area contributed by atoms with Crippen molar-refractivity contribution < 1.29 is 9.21 Å². The Balaban J connectivity index is 1.32. The Bertz CT molecular complexity index is 762. The number of likely N-dealkylation sites (tertiary alicyclic amines) is 1. The number of hydrogen-bond donors (Lipinski definition) is 2. The van der Waals surface area contributed by atoms with Gasteiger partial charge in [0.05, 0.1) is 12.3 Å². The average molecular weight is 367 g/mol. The molecule has 4 rings (SSSR count). The number of carbonyl (C=O) groups excluding carboxylic acids is 1. The summed E-state index contributed by atoms with van der Waals surface area (Å²) in [6.45, 7) is 5.53. The summed E-state index contributed by atoms with van der Waals surface area (Å²) in [6, 6.07) is 12.4. The van der Waals surface area contributed by atoms with Crippen molar-refractivity contribution >= 4 is 6.03 Å². The van der Waals surface area contributed by atoms with Crippen LogP contribution in [0.25, 0.3) is 0 Å². The van der Waals surface area contributed by atoms with Gasteiger partial charge in [-0.25, -0.2) is 4.79 Å². The molecule has 0 radical (unpaired) electrons. The van der Waals surface area contributed by atoms with Crippen LogP contribution in [0.15, 0.2) is 47.1 Å². The van der Waals surface area contributed by atoms with Gasteiger partial charge in [-0.2, -0.15) is 0 Å². The zero-order chi connectivity index (χ0) is 18.7. The normalized spacial score (nSPS) is 19.6. The SMILES string of the molecule is Cc1ccccc1C1(CNC(=O)NCC(c2ccco2)N2CCCC2)CC1. The predicted octanol–water partition coefficient (Wildman–Crippen LogP) is 3.76. The van der Waals surface area contributed by atoms with E-state index in [9.17, 15) is 4.79 Å². The number of nitrogens with one attached hydrogen (secondary N) is 2. The Morgan fingerprint density at radius 3 is 2.59 bits per heavy atom. The molecule has 1 aromatic carbocycles. The molecule has 5 nitrogen and oxygen atoms in total. The molecule has 2 heterocycles. The quantitative estimate of drug-likeness (QED) is 0.783. The molecule has 1 saturated heterocycles. The predicted molar refractivity (Wildman–Crippen MR) is 106 cm³/mol. The van der Waals surface area contributed by atoms with E-state index in [0.29, 0.717) is 13.1 Å². The number of rotatable bonds is 7. The van der Waals surface area contributed by atoms with Gasteiger partial charge < -0.3 is 15.1 Å². The van der Waals surface area contributed by atoms with Crippen LogP contribution in [0.2, 0.25) is 0 Å². The van der Waals surface area contributed by atoms with Crippen LogP contribution in [0.4, 0.5) is 4.79 Å². The van der Waals surface area contributed by atoms with Crippen molar-refractivity contribution in [3.63, 3.8) is 0 Å². The summed E-state index contributed by atoms with van der Waals surface area (Å²) >= 11 is 0. The number of urea groups is 1. The molecule has 5 heteroatoms. The lowest BCUT2D eigenvalue weighted by Gasteiger charge is -2.26. The Hall–Kier alpha value is -2.27. The number of furan rings is 1. The van der Waals surface area contributed by atoms with Crippen molar-refractivity contribution in [3.05, 3.63) is 59.5 Å². The lowest BCUT2D eigenvalue weighted by molar-refractivity contribution is 0.203. The smallest absolute Gasteiger partial charge is 0.314 e. The highest BCUT2D eigenvalue weighted by Gasteiger charge is 2.45. The highest BCUT2D eigenvalue weighted by Crippen LogP contribution is 2.48. The van der Waals surface area contributed by atoms with E-state index in [2.05, 4.69) is 46.7 Å². The van der Waals surface area contributed by atoms with Crippen molar-refractivity contribution in [2.45, 2.75) is 44.1 Å². The van der Waals surface area contributed by atoms with Crippen molar-refractivity contribution in [1.82, 2.24) is 15.5 Å². The lowest BCUT2D eigenvalue weighted by atomic mass is 9.92. The summed E-state index contributed by atoms with van der Waals surface area (Å²) in [5.41, 5.74) is 2.80. The summed E-state index contributed by atoms with van der Waals surface area (Å²) in [7, 11) is 0. The monoisotopic (exact) mass is 367 g/mol. The molecule has 144 valence electrons. The van der Waals surface area contributed by atoms with E-state index in [4.69, 9.17) is 4.42 Å². The van der Waals surface area contributed by atoms with Gasteiger partial charge in [-0.3, -0.25) is 4.90 Å². The van der Waals surface area contributed by atoms with Crippen molar-refractivity contribution in [1.29, 1.82) is 0 Å². The minimum Gasteiger partial charge on any atom is -0.468 e. The van der Waals surface area contributed by atoms with Crippen LogP contribution in [0.3, 0.4) is 0 Å². The second kappa shape index (κ2) is 7.77. The maximum Gasteiger partial charge on any atom is 0.314 e. The molecule has 2 aromatic rings. The molecule has 1 aromatic heterocycles. The molecule has 2 amide bonds. The Morgan fingerprint density at radius 1 is 1.15 bits per heavy atom. The van der Waals surface area contributed by atoms with Gasteiger partial charge in [0.1, 0.15) is 5.76 Å². The van der Waals surface area contributed by atoms with E-state index < -0.39 is 0 Å². The first kappa shape index (κ1) is 18.1. The van der Waals surface area contributed by atoms with Crippen LogP contribution in [0.1, 0.15) is 48.6 Å². The summed E-state index contributed by atoms with van der Waals surface area (Å²) in [4.78, 5) is 14.8. The Labute approximate surface area is 161 Å². The van der Waals surface area contributed by atoms with Gasteiger partial charge in [0.2, 0.25) is 0 Å². The number of hydrogen-bond acceptors (Lipinski definition) is 3. The van der Waals surface area contributed by atoms with Gasteiger partial charge in [-0.15, -0.1) is 0 Å². The third-order valence-electron chi connectivity index (χ3n) is 6.07. The lowest BCUT2D eigenvalue weighted by Crippen LogP contribution is -2.43. The fraction of sp³-hybridized carbons (Fsp3) is 0.500. The third-order valence-corrected chi connectivity index (χ3v) is 6.07. The van der Waals surface area contributed by atoms with Crippen LogP contribution in [-0.4, -0.2) is 37.1 Å². The number of carbonyl (C=O) groups is 1. The van der Waals surface area contributed by atoms with Crippen LogP contribution in [-0.2, 0) is 5.41 Å². The molecular weight excluding hydrogens is 338 g/mol. The highest BCUT2D eigenvalue weighted by molar-refractivity contribution is 5.74. The van der Waals surface area contributed by atoms with Gasteiger partial charge in [0.25, 0.3) is 0 Å². The van der Waals surface area contributed by atoms with Crippen LogP contribution < -0.4 is 10.6 Å². The number of benzene rings is 1. The summed E-state index contributed by atoms with van der Waals surface area (Å²) < 4.78 is 5.62. The number of aryl methyl sites for hydroxylation is 1. The van der Waals surface area contributed by atoms with E-state index in [0.717, 1.165) is 31.7 Å². The van der Waals surface area contributed by atoms with Crippen LogP contribution >= 0.6 is 0 Å². The molecule has 1 aliphatic carbocycles. The second-order valence-electron chi connectivity index (χ2n) is 7.93. The Kier molecular flexibility index (Phi) is 5.21. The molecule has 27 heavy (non-hydrogen) atoms. The van der Waals surface area contributed by atoms with Crippen molar-refractivity contribution in [2.24, 2.45) is 0 Å². The standard InChI is InChI=1S/C22H29N3O2/c1-17-7-2-3-8-18(17)22(10-11-22)16-24-21(26)23-15-19(20-9-6-14-27-20)25-12-4-5-13-25/h2-3,6-9,14,19H,4-5,10-13,15-16H2,1H3,(H2,23,24,26). The van der Waals surface area contributed by atoms with Gasteiger partial charge >= 0.3 is 6.03 Å². The molecular formula is C22H29N3O2. The van der Waals surface area contributed by atoms with Crippen LogP contribution in [0, 0.1) is 6.92 Å². The zero-order valence-corrected chi connectivity index (χ0v) is 16.0. The third kappa shape index (κ3) is 4.03. The van der Waals surface area contributed by atoms with Gasteiger partial charge in [-0.1, -0.05) is 24.3 Å². The fourth-order valence-corrected chi connectivity index (χ4v) is 4.31. The van der Waals surface area contributed by atoms with Gasteiger partial charge in [-0.05, 0) is 69.0 Å². The minimum absolute atomic E-state index is 0.0920. The fourth-order valence-electron chi connectivity index (χ4n) is 4.31. The molecule has 2 aliphatic rings. The largest absolute Gasteiger partial charge is 0.468 e. The van der Waals surface area contributed by atoms with Gasteiger partial charge in [0.15, 0.2) is 0 Å². The number of nitrogens with zero attached hydrogens (tertiary/aromatic N) is 1. The molecule has 0 spiro atoms. The van der Waals surface area contributed by atoms with Crippen molar-refractivity contribution in [3.8, 4) is 0 Å². The first-order valence-electron chi connectivity index (χ1n) is 10.0. The molecule has 1 unspecified atom stereocenters. The Morgan fingerprint density at radius 2 is 1.93 bits per heavy atom. The minimum atomic E-state index is -0.0920. The summed E-state index contributed by atoms with van der Waals surface area (Å²) in [6.07, 6.45) is 6.41. The summed E-state index contributed by atoms with van der Waals surface area (Å²) in [5, 5.41) is 6.17. The summed E-state index contributed by atoms with van der Waals surface area (Å²) in [5.74, 6) is 0.927. The molecule has 2 N–H and O–H groups in total. The average Bonchev–Trinajstić information content (AvgIpc) is 3.06. The second-order valence-corrected chi connectivity index (χ2v) is 7.93. The van der Waals surface area contributed by atoms with E-state index in [1.165, 1.54) is 24.0 Å². The molecule has 1 aliphatic heterocycles. The number of amides is 2. The van der Waals surface area contributed by atoms with E-state index in [1.54, 1.807) is 6.26 Å². The van der Waals surface area contributed by atoms with Crippen molar-refractivity contribution in [2.75, 3.05) is 26.2 Å². The topological polar surface area (TPSA) is 57.5 Å². The highest BCUT2D eigenvalue weighted by atomic mass is 16.3. The maximum atomic E-state index is 12.5. The molecule has 2 fully saturated rings. The molecule has 1 saturated carbocycles. The van der Waals surface area contributed by atoms with Crippen LogP contribution in [0.5, 0.6) is 0 Å². The van der Waals surface area contributed by atoms with E-state index >= 15 is 0 Å². The maximum absolute atomic E-state index is 12.5. The van der Waals surface area contributed by atoms with E-state index in [1.807, 2.05) is 12.1 Å². The van der Waals surface area contributed by atoms with Gasteiger partial charge in [0, 0.05) is 18.5 Å².